The van der Waals surface area contributed by atoms with Crippen molar-refractivity contribution in [2.75, 3.05) is 0 Å². The second kappa shape index (κ2) is 12.1. The largest absolute Gasteiger partial charge is 0.252 e. The summed E-state index contributed by atoms with van der Waals surface area (Å²) in [6.45, 7) is 5.42. The Balaban J connectivity index is 0.000000609. The summed E-state index contributed by atoms with van der Waals surface area (Å²) in [5.41, 5.74) is 9.37. The average molecular weight is 647 g/mol. The van der Waals surface area contributed by atoms with Gasteiger partial charge in [0.05, 0.1) is 22.9 Å². The molecule has 2 atom stereocenters. The summed E-state index contributed by atoms with van der Waals surface area (Å²) in [5.74, 6) is 1.20. The maximum atomic E-state index is 5.26. The topological polar surface area (TPSA) is 25.8 Å². The van der Waals surface area contributed by atoms with E-state index in [9.17, 15) is 0 Å². The number of hydrogen-bond acceptors (Lipinski definition) is 3. The minimum atomic E-state index is 0.591. The molecule has 1 fully saturated rings. The van der Waals surface area contributed by atoms with Crippen molar-refractivity contribution in [1.29, 1.82) is 0 Å². The molecule has 0 bridgehead atoms. The van der Waals surface area contributed by atoms with Crippen molar-refractivity contribution in [2.45, 2.75) is 13.3 Å². The van der Waals surface area contributed by atoms with Crippen LogP contribution in [-0.4, -0.2) is 9.97 Å². The molecule has 2 aliphatic carbocycles. The van der Waals surface area contributed by atoms with Gasteiger partial charge in [-0.25, -0.2) is 4.98 Å². The standard InChI is InChI=1S/C41H26N2S.C5H8/c1-3-14-32-29(11-1)30-12-2-4-15-33(30)40-39(32)42-23-37(43-40)25-10-7-9-24(19-25)35-21-26(20-27-22-36(27)35)28-16-8-17-34-31-13-5-6-18-38(31)44-41(28)34;1-3-5-4-2/h1-21,23,27,36H,22H2;3-5H,1H2,2H3/b;5-4-. The molecule has 2 unspecified atom stereocenters. The minimum Gasteiger partial charge on any atom is -0.252 e. The Kier molecular flexibility index (Phi) is 7.29. The first-order valence-corrected chi connectivity index (χ1v) is 17.8. The summed E-state index contributed by atoms with van der Waals surface area (Å²) in [7, 11) is 0. The molecule has 2 nitrogen and oxygen atoms in total. The van der Waals surface area contributed by atoms with Gasteiger partial charge in [-0.1, -0.05) is 140 Å². The Hall–Kier alpha value is -5.64. The molecular weight excluding hydrogens is 613 g/mol. The lowest BCUT2D eigenvalue weighted by Gasteiger charge is -2.16. The van der Waals surface area contributed by atoms with Crippen LogP contribution in [0.4, 0.5) is 0 Å². The van der Waals surface area contributed by atoms with Crippen LogP contribution < -0.4 is 0 Å². The predicted octanol–water partition coefficient (Wildman–Crippen LogP) is 12.8. The summed E-state index contributed by atoms with van der Waals surface area (Å²) in [4.78, 5) is 10.3. The number of rotatable bonds is 4. The Morgan fingerprint density at radius 1 is 0.714 bits per heavy atom. The molecule has 0 saturated heterocycles. The minimum absolute atomic E-state index is 0.591. The van der Waals surface area contributed by atoms with E-state index in [0.717, 1.165) is 33.1 Å². The summed E-state index contributed by atoms with van der Waals surface area (Å²) < 4.78 is 2.74. The first-order chi connectivity index (χ1) is 24.2. The monoisotopic (exact) mass is 646 g/mol. The highest BCUT2D eigenvalue weighted by molar-refractivity contribution is 7.26. The number of fused-ring (bicyclic) bond motifs is 10. The molecule has 2 aromatic heterocycles. The normalized spacial score (nSPS) is 16.8. The maximum absolute atomic E-state index is 5.26. The molecule has 0 aliphatic heterocycles. The Bertz CT molecular complexity index is 2650. The smallest absolute Gasteiger partial charge is 0.0979 e. The summed E-state index contributed by atoms with van der Waals surface area (Å²) in [6, 6.07) is 41.6. The van der Waals surface area contributed by atoms with E-state index in [2.05, 4.69) is 134 Å². The first kappa shape index (κ1) is 29.5. The lowest BCUT2D eigenvalue weighted by atomic mass is 9.89. The molecule has 8 aromatic rings. The predicted molar refractivity (Wildman–Crippen MR) is 212 cm³/mol. The second-order valence-electron chi connectivity index (χ2n) is 12.9. The molecule has 2 heterocycles. The molecule has 234 valence electrons. The Morgan fingerprint density at radius 2 is 1.39 bits per heavy atom. The van der Waals surface area contributed by atoms with E-state index in [4.69, 9.17) is 9.97 Å². The van der Waals surface area contributed by atoms with E-state index < -0.39 is 0 Å². The van der Waals surface area contributed by atoms with Crippen molar-refractivity contribution in [3.05, 3.63) is 170 Å². The maximum Gasteiger partial charge on any atom is 0.0979 e. The lowest BCUT2D eigenvalue weighted by molar-refractivity contribution is 1.00. The van der Waals surface area contributed by atoms with Crippen LogP contribution in [0.2, 0.25) is 0 Å². The van der Waals surface area contributed by atoms with Gasteiger partial charge in [0.15, 0.2) is 0 Å². The molecule has 2 aliphatic rings. The van der Waals surface area contributed by atoms with Gasteiger partial charge in [-0.3, -0.25) is 4.98 Å². The van der Waals surface area contributed by atoms with Gasteiger partial charge >= 0.3 is 0 Å². The molecule has 0 spiro atoms. The zero-order valence-electron chi connectivity index (χ0n) is 27.3. The highest BCUT2D eigenvalue weighted by Crippen LogP contribution is 2.54. The van der Waals surface area contributed by atoms with E-state index >= 15 is 0 Å². The Morgan fingerprint density at radius 3 is 2.14 bits per heavy atom. The van der Waals surface area contributed by atoms with Gasteiger partial charge in [0.2, 0.25) is 0 Å². The number of nitrogens with zero attached hydrogens (tertiary/aromatic N) is 2. The van der Waals surface area contributed by atoms with Crippen LogP contribution in [0.5, 0.6) is 0 Å². The van der Waals surface area contributed by atoms with Crippen LogP contribution in [0.3, 0.4) is 0 Å². The molecule has 0 radical (unpaired) electrons. The number of allylic oxidation sites excluding steroid dienone is 7. The van der Waals surface area contributed by atoms with E-state index in [0.29, 0.717) is 11.8 Å². The zero-order chi connectivity index (χ0) is 32.9. The van der Waals surface area contributed by atoms with E-state index in [-0.39, 0.29) is 0 Å². The van der Waals surface area contributed by atoms with Crippen molar-refractivity contribution in [3.8, 4) is 11.3 Å². The van der Waals surface area contributed by atoms with Gasteiger partial charge in [0.1, 0.15) is 0 Å². The third kappa shape index (κ3) is 5.10. The van der Waals surface area contributed by atoms with Gasteiger partial charge in [-0.05, 0) is 70.4 Å². The fraction of sp³-hybridized carbons (Fsp3) is 0.0870. The molecule has 0 amide bonds. The molecule has 49 heavy (non-hydrogen) atoms. The summed E-state index contributed by atoms with van der Waals surface area (Å²) in [5, 5.41) is 7.44. The number of aromatic nitrogens is 2. The fourth-order valence-corrected chi connectivity index (χ4v) is 8.74. The summed E-state index contributed by atoms with van der Waals surface area (Å²) in [6.07, 6.45) is 13.7. The quantitative estimate of drug-likeness (QED) is 0.140. The zero-order valence-corrected chi connectivity index (χ0v) is 28.1. The highest BCUT2D eigenvalue weighted by Gasteiger charge is 2.41. The molecule has 0 N–H and O–H groups in total. The van der Waals surface area contributed by atoms with Gasteiger partial charge in [-0.2, -0.15) is 0 Å². The van der Waals surface area contributed by atoms with Crippen molar-refractivity contribution >= 4 is 75.2 Å². The van der Waals surface area contributed by atoms with Crippen LogP contribution in [0.1, 0.15) is 24.5 Å². The van der Waals surface area contributed by atoms with Crippen LogP contribution in [0.25, 0.3) is 75.2 Å². The van der Waals surface area contributed by atoms with Crippen molar-refractivity contribution in [3.63, 3.8) is 0 Å². The molecular formula is C46H34N2S. The van der Waals surface area contributed by atoms with Gasteiger partial charge in [0.25, 0.3) is 0 Å². The van der Waals surface area contributed by atoms with Gasteiger partial charge in [0, 0.05) is 36.5 Å². The van der Waals surface area contributed by atoms with Crippen LogP contribution in [-0.2, 0) is 0 Å². The van der Waals surface area contributed by atoms with Crippen LogP contribution in [0.15, 0.2) is 158 Å². The van der Waals surface area contributed by atoms with Crippen LogP contribution >= 0.6 is 11.3 Å². The van der Waals surface area contributed by atoms with E-state index in [1.165, 1.54) is 59.6 Å². The fourth-order valence-electron chi connectivity index (χ4n) is 7.51. The molecule has 1 saturated carbocycles. The SMILES string of the molecule is C1=C(c2cccc3c2sc2ccccc23)C=C(c2cccc(-c3cnc4c5ccccc5c5ccccc5c4n3)c2)C2CC12.C=C/C=C\C. The van der Waals surface area contributed by atoms with E-state index in [1.807, 2.05) is 36.6 Å². The van der Waals surface area contributed by atoms with Gasteiger partial charge in [-0.15, -0.1) is 11.3 Å². The number of benzene rings is 6. The lowest BCUT2D eigenvalue weighted by Crippen LogP contribution is -1.97. The van der Waals surface area contributed by atoms with Crippen LogP contribution in [0, 0.1) is 11.8 Å². The van der Waals surface area contributed by atoms with Crippen molar-refractivity contribution in [1.82, 2.24) is 9.97 Å². The van der Waals surface area contributed by atoms with Crippen molar-refractivity contribution in [2.24, 2.45) is 11.8 Å². The van der Waals surface area contributed by atoms with Gasteiger partial charge < -0.3 is 0 Å². The number of thiophene rings is 1. The third-order valence-electron chi connectivity index (χ3n) is 9.91. The average Bonchev–Trinajstić information content (AvgIpc) is 3.86. The third-order valence-corrected chi connectivity index (χ3v) is 11.1. The summed E-state index contributed by atoms with van der Waals surface area (Å²) >= 11 is 1.91. The number of hydrogen-bond donors (Lipinski definition) is 0. The second-order valence-corrected chi connectivity index (χ2v) is 13.9. The first-order valence-electron chi connectivity index (χ1n) is 17.0. The highest BCUT2D eigenvalue weighted by atomic mass is 32.1. The molecule has 6 aromatic carbocycles. The Labute approximate surface area is 290 Å². The molecule has 10 rings (SSSR count). The van der Waals surface area contributed by atoms with Crippen molar-refractivity contribution < 1.29 is 0 Å². The molecule has 3 heteroatoms. The van der Waals surface area contributed by atoms with E-state index in [1.54, 1.807) is 6.08 Å².